The van der Waals surface area contributed by atoms with Gasteiger partial charge in [-0.15, -0.1) is 0 Å². The fourth-order valence-corrected chi connectivity index (χ4v) is 5.17. The number of fused-ring (bicyclic) bond motifs is 1. The molecule has 0 fully saturated rings. The second kappa shape index (κ2) is 11.9. The third kappa shape index (κ3) is 6.26. The molecular formula is C30H36FN7O. The summed E-state index contributed by atoms with van der Waals surface area (Å²) in [5.41, 5.74) is 4.66. The van der Waals surface area contributed by atoms with Crippen molar-refractivity contribution >= 4 is 5.95 Å². The van der Waals surface area contributed by atoms with Gasteiger partial charge in [0, 0.05) is 50.4 Å². The number of likely N-dealkylation sites (N-methyl/N-ethyl adjacent to an activating group) is 2. The van der Waals surface area contributed by atoms with Crippen LogP contribution in [0.15, 0.2) is 60.8 Å². The van der Waals surface area contributed by atoms with Crippen LogP contribution in [0.1, 0.15) is 23.9 Å². The Labute approximate surface area is 229 Å². The van der Waals surface area contributed by atoms with Crippen LogP contribution in [0, 0.1) is 5.82 Å². The number of nitrogens with zero attached hydrogens (tertiary/aromatic N) is 6. The molecule has 0 saturated carbocycles. The number of aromatic nitrogens is 4. The maximum absolute atomic E-state index is 13.8. The molecule has 4 aromatic rings. The molecule has 204 valence electrons. The number of hydrogen-bond donors (Lipinski definition) is 1. The third-order valence-electron chi connectivity index (χ3n) is 7.02. The first-order valence-electron chi connectivity index (χ1n) is 13.3. The lowest BCUT2D eigenvalue weighted by Gasteiger charge is -2.24. The smallest absolute Gasteiger partial charge is 0.223 e. The summed E-state index contributed by atoms with van der Waals surface area (Å²) in [5.74, 6) is 2.21. The molecule has 0 spiro atoms. The quantitative estimate of drug-likeness (QED) is 0.301. The number of ether oxygens (including phenoxy) is 1. The number of halogens is 1. The number of anilines is 1. The third-order valence-corrected chi connectivity index (χ3v) is 7.02. The number of aryl methyl sites for hydroxylation is 1. The minimum atomic E-state index is -0.265. The van der Waals surface area contributed by atoms with Crippen molar-refractivity contribution in [3.63, 3.8) is 0 Å². The minimum Gasteiger partial charge on any atom is -0.497 e. The molecule has 5 rings (SSSR count). The van der Waals surface area contributed by atoms with Crippen molar-refractivity contribution in [2.45, 2.75) is 25.4 Å². The molecule has 0 radical (unpaired) electrons. The number of rotatable bonds is 11. The summed E-state index contributed by atoms with van der Waals surface area (Å²) in [5, 5.41) is 3.33. The summed E-state index contributed by atoms with van der Waals surface area (Å²) in [6.07, 6.45) is 3.67. The van der Waals surface area contributed by atoms with Gasteiger partial charge in [0.2, 0.25) is 5.95 Å². The second-order valence-corrected chi connectivity index (χ2v) is 10.3. The first-order valence-corrected chi connectivity index (χ1v) is 13.3. The second-order valence-electron chi connectivity index (χ2n) is 10.3. The lowest BCUT2D eigenvalue weighted by molar-refractivity contribution is 0.273. The van der Waals surface area contributed by atoms with E-state index in [2.05, 4.69) is 43.8 Å². The zero-order valence-electron chi connectivity index (χ0n) is 23.1. The molecule has 0 bridgehead atoms. The Bertz CT molecular complexity index is 1400. The van der Waals surface area contributed by atoms with E-state index in [0.717, 1.165) is 73.2 Å². The van der Waals surface area contributed by atoms with E-state index in [1.165, 1.54) is 17.7 Å². The molecule has 1 aliphatic rings. The highest BCUT2D eigenvalue weighted by molar-refractivity contribution is 5.78. The molecule has 8 nitrogen and oxygen atoms in total. The van der Waals surface area contributed by atoms with E-state index in [1.54, 1.807) is 25.4 Å². The Kier molecular flexibility index (Phi) is 8.18. The molecule has 39 heavy (non-hydrogen) atoms. The molecule has 2 aromatic heterocycles. The van der Waals surface area contributed by atoms with Gasteiger partial charge in [0.25, 0.3) is 0 Å². The molecule has 1 atom stereocenters. The molecule has 0 amide bonds. The molecule has 0 saturated heterocycles. The van der Waals surface area contributed by atoms with E-state index >= 15 is 0 Å². The predicted octanol–water partition coefficient (Wildman–Crippen LogP) is 4.75. The zero-order chi connectivity index (χ0) is 27.4. The van der Waals surface area contributed by atoms with Crippen LogP contribution in [0.2, 0.25) is 0 Å². The van der Waals surface area contributed by atoms with Gasteiger partial charge in [-0.1, -0.05) is 12.1 Å². The monoisotopic (exact) mass is 529 g/mol. The predicted molar refractivity (Wildman–Crippen MR) is 152 cm³/mol. The zero-order valence-corrected chi connectivity index (χ0v) is 23.1. The van der Waals surface area contributed by atoms with E-state index in [9.17, 15) is 4.39 Å². The van der Waals surface area contributed by atoms with Crippen molar-refractivity contribution in [3.05, 3.63) is 78.0 Å². The Balaban J connectivity index is 1.47. The average molecular weight is 530 g/mol. The summed E-state index contributed by atoms with van der Waals surface area (Å²) in [6, 6.07) is 16.9. The van der Waals surface area contributed by atoms with Crippen LogP contribution >= 0.6 is 0 Å². The van der Waals surface area contributed by atoms with Gasteiger partial charge in [-0.2, -0.15) is 0 Å². The Morgan fingerprint density at radius 3 is 2.67 bits per heavy atom. The van der Waals surface area contributed by atoms with Crippen LogP contribution in [0.25, 0.3) is 22.6 Å². The molecule has 2 aromatic carbocycles. The number of imidazole rings is 1. The van der Waals surface area contributed by atoms with Crippen molar-refractivity contribution in [2.24, 2.45) is 0 Å². The molecular weight excluding hydrogens is 493 g/mol. The Morgan fingerprint density at radius 2 is 1.90 bits per heavy atom. The van der Waals surface area contributed by atoms with E-state index in [-0.39, 0.29) is 11.9 Å². The highest BCUT2D eigenvalue weighted by Crippen LogP contribution is 2.39. The lowest BCUT2D eigenvalue weighted by Crippen LogP contribution is -2.26. The van der Waals surface area contributed by atoms with Crippen LogP contribution in [-0.4, -0.2) is 77.2 Å². The summed E-state index contributed by atoms with van der Waals surface area (Å²) in [4.78, 5) is 18.8. The largest absolute Gasteiger partial charge is 0.497 e. The standard InChI is InChI=1S/C30H36FN7O/c1-36(2)17-16-33-30-32-15-14-26(34-30)29-28(22-8-10-23(31)11-9-22)35-27-13-12-24(38(27)29)20-37(3)19-21-6-5-7-25(18-21)39-4/h5-11,14-15,18,24H,12-13,16-17,19-20H2,1-4H3,(H,32,33,34). The number of benzene rings is 2. The fraction of sp³-hybridized carbons (Fsp3) is 0.367. The maximum Gasteiger partial charge on any atom is 0.223 e. The summed E-state index contributed by atoms with van der Waals surface area (Å²) in [7, 11) is 7.91. The average Bonchev–Trinajstić information content (AvgIpc) is 3.49. The van der Waals surface area contributed by atoms with Gasteiger partial charge < -0.3 is 24.4 Å². The topological polar surface area (TPSA) is 71.3 Å². The van der Waals surface area contributed by atoms with E-state index < -0.39 is 0 Å². The molecule has 0 aliphatic carbocycles. The first kappa shape index (κ1) is 26.8. The summed E-state index contributed by atoms with van der Waals surface area (Å²) in [6.45, 7) is 3.28. The normalized spacial score (nSPS) is 14.7. The van der Waals surface area contributed by atoms with Gasteiger partial charge in [-0.05, 0) is 75.6 Å². The molecule has 1 aliphatic heterocycles. The summed E-state index contributed by atoms with van der Waals surface area (Å²) < 4.78 is 21.5. The molecule has 3 heterocycles. The van der Waals surface area contributed by atoms with Gasteiger partial charge in [0.1, 0.15) is 17.4 Å². The van der Waals surface area contributed by atoms with Gasteiger partial charge in [0.05, 0.1) is 24.2 Å². The van der Waals surface area contributed by atoms with Crippen molar-refractivity contribution in [2.75, 3.05) is 53.2 Å². The van der Waals surface area contributed by atoms with Gasteiger partial charge in [-0.25, -0.2) is 19.3 Å². The van der Waals surface area contributed by atoms with Crippen LogP contribution in [-0.2, 0) is 13.0 Å². The Hall–Kier alpha value is -3.82. The Morgan fingerprint density at radius 1 is 1.08 bits per heavy atom. The van der Waals surface area contributed by atoms with Crippen LogP contribution in [0.4, 0.5) is 10.3 Å². The van der Waals surface area contributed by atoms with Crippen LogP contribution < -0.4 is 10.1 Å². The SMILES string of the molecule is COc1cccc(CN(C)CC2CCc3nc(-c4ccc(F)cc4)c(-c4ccnc(NCCN(C)C)n4)n32)c1. The van der Waals surface area contributed by atoms with Crippen LogP contribution in [0.5, 0.6) is 5.75 Å². The van der Waals surface area contributed by atoms with Crippen molar-refractivity contribution < 1.29 is 9.13 Å². The van der Waals surface area contributed by atoms with Crippen molar-refractivity contribution in [1.29, 1.82) is 0 Å². The fourth-order valence-electron chi connectivity index (χ4n) is 5.17. The number of methoxy groups -OCH3 is 1. The lowest BCUT2D eigenvalue weighted by atomic mass is 10.1. The maximum atomic E-state index is 13.8. The highest BCUT2D eigenvalue weighted by Gasteiger charge is 2.31. The van der Waals surface area contributed by atoms with E-state index in [1.807, 2.05) is 32.3 Å². The molecule has 1 unspecified atom stereocenters. The van der Waals surface area contributed by atoms with Crippen LogP contribution in [0.3, 0.4) is 0 Å². The first-order chi connectivity index (χ1) is 18.9. The molecule has 9 heteroatoms. The van der Waals surface area contributed by atoms with Crippen molar-refractivity contribution in [3.8, 4) is 28.4 Å². The highest BCUT2D eigenvalue weighted by atomic mass is 19.1. The van der Waals surface area contributed by atoms with E-state index in [0.29, 0.717) is 5.95 Å². The number of nitrogens with one attached hydrogen (secondary N) is 1. The number of hydrogen-bond acceptors (Lipinski definition) is 7. The minimum absolute atomic E-state index is 0.229. The van der Waals surface area contributed by atoms with Gasteiger partial charge in [0.15, 0.2) is 0 Å². The van der Waals surface area contributed by atoms with Gasteiger partial charge >= 0.3 is 0 Å². The van der Waals surface area contributed by atoms with E-state index in [4.69, 9.17) is 14.7 Å². The van der Waals surface area contributed by atoms with Gasteiger partial charge in [-0.3, -0.25) is 0 Å². The van der Waals surface area contributed by atoms with Crippen molar-refractivity contribution in [1.82, 2.24) is 29.3 Å². The summed E-state index contributed by atoms with van der Waals surface area (Å²) >= 11 is 0. The molecule has 1 N–H and O–H groups in total.